The van der Waals surface area contributed by atoms with E-state index in [-0.39, 0.29) is 37.0 Å². The van der Waals surface area contributed by atoms with E-state index in [1.807, 2.05) is 4.90 Å². The largest absolute Gasteiger partial charge is 0.465 e. The van der Waals surface area contributed by atoms with Crippen molar-refractivity contribution < 1.29 is 28.7 Å². The van der Waals surface area contributed by atoms with Crippen LogP contribution in [-0.4, -0.2) is 79.9 Å². The van der Waals surface area contributed by atoms with Crippen LogP contribution in [0.5, 0.6) is 0 Å². The first-order valence-electron chi connectivity index (χ1n) is 22.9. The number of amides is 1. The molecule has 314 valence electrons. The molecule has 0 aliphatic carbocycles. The van der Waals surface area contributed by atoms with E-state index in [9.17, 15) is 19.2 Å². The topological polar surface area (TPSA) is 93.2 Å². The summed E-state index contributed by atoms with van der Waals surface area (Å²) in [5.41, 5.74) is 0. The van der Waals surface area contributed by atoms with Crippen LogP contribution in [0, 0.1) is 5.92 Å². The zero-order chi connectivity index (χ0) is 39.2. The third-order valence-corrected chi connectivity index (χ3v) is 10.7. The molecule has 0 N–H and O–H groups in total. The standard InChI is InChI=1S/C46H84N2O6/c1-3-5-7-9-11-12-13-14-15-16-17-18-19-22-26-33-45(51)53-41-43(42-54-46(52)34-27-23-20-24-30-39-49)40-48(38-31-37-47-35-28-29-36-47)44(50)32-25-21-10-8-6-4-2/h14-15,39,43H,3-13,16-38,40-42H2,1-2H3/b15-14-. The maximum absolute atomic E-state index is 13.6. The first-order chi connectivity index (χ1) is 26.5. The number of carbonyl (C=O) groups excluding carboxylic acids is 4. The van der Waals surface area contributed by atoms with Gasteiger partial charge in [-0.2, -0.15) is 0 Å². The smallest absolute Gasteiger partial charge is 0.305 e. The van der Waals surface area contributed by atoms with Crippen LogP contribution in [0.2, 0.25) is 0 Å². The summed E-state index contributed by atoms with van der Waals surface area (Å²) in [6.45, 7) is 9.10. The zero-order valence-corrected chi connectivity index (χ0v) is 35.3. The lowest BCUT2D eigenvalue weighted by molar-refractivity contribution is -0.150. The van der Waals surface area contributed by atoms with Crippen molar-refractivity contribution in [2.45, 2.75) is 206 Å². The molecule has 0 bridgehead atoms. The van der Waals surface area contributed by atoms with Crippen molar-refractivity contribution in [1.82, 2.24) is 9.80 Å². The first kappa shape index (κ1) is 49.8. The number of likely N-dealkylation sites (tertiary alicyclic amines) is 1. The minimum Gasteiger partial charge on any atom is -0.465 e. The quantitative estimate of drug-likeness (QED) is 0.0266. The van der Waals surface area contributed by atoms with E-state index in [4.69, 9.17) is 9.47 Å². The molecule has 8 heteroatoms. The average Bonchev–Trinajstić information content (AvgIpc) is 3.70. The first-order valence-corrected chi connectivity index (χ1v) is 22.9. The molecule has 1 heterocycles. The number of aldehydes is 1. The van der Waals surface area contributed by atoms with Crippen molar-refractivity contribution in [2.24, 2.45) is 5.92 Å². The summed E-state index contributed by atoms with van der Waals surface area (Å²) in [4.78, 5) is 54.0. The van der Waals surface area contributed by atoms with Gasteiger partial charge >= 0.3 is 11.9 Å². The predicted molar refractivity (Wildman–Crippen MR) is 223 cm³/mol. The zero-order valence-electron chi connectivity index (χ0n) is 35.3. The van der Waals surface area contributed by atoms with Crippen LogP contribution in [0.15, 0.2) is 12.2 Å². The number of rotatable bonds is 39. The number of carbonyl (C=O) groups is 4. The highest BCUT2D eigenvalue weighted by Crippen LogP contribution is 2.15. The molecular formula is C46H84N2O6. The van der Waals surface area contributed by atoms with Crippen LogP contribution in [-0.2, 0) is 28.7 Å². The Morgan fingerprint density at radius 2 is 1.02 bits per heavy atom. The minimum absolute atomic E-state index is 0.136. The Bertz CT molecular complexity index is 934. The number of hydrogen-bond donors (Lipinski definition) is 0. The lowest BCUT2D eigenvalue weighted by Gasteiger charge is -2.28. The molecule has 1 amide bonds. The molecule has 0 radical (unpaired) electrons. The van der Waals surface area contributed by atoms with Gasteiger partial charge in [-0.3, -0.25) is 14.4 Å². The molecule has 0 aromatic heterocycles. The van der Waals surface area contributed by atoms with E-state index < -0.39 is 0 Å². The van der Waals surface area contributed by atoms with Gasteiger partial charge in [-0.15, -0.1) is 0 Å². The lowest BCUT2D eigenvalue weighted by atomic mass is 10.1. The average molecular weight is 761 g/mol. The van der Waals surface area contributed by atoms with Gasteiger partial charge in [0.15, 0.2) is 0 Å². The molecule has 0 spiro atoms. The van der Waals surface area contributed by atoms with Gasteiger partial charge < -0.3 is 24.1 Å². The monoisotopic (exact) mass is 761 g/mol. The molecule has 1 aliphatic heterocycles. The molecule has 8 nitrogen and oxygen atoms in total. The molecule has 1 saturated heterocycles. The number of unbranched alkanes of at least 4 members (excludes halogenated alkanes) is 20. The summed E-state index contributed by atoms with van der Waals surface area (Å²) in [7, 11) is 0. The second-order valence-electron chi connectivity index (χ2n) is 15.9. The summed E-state index contributed by atoms with van der Waals surface area (Å²) in [6.07, 6.45) is 36.8. The highest BCUT2D eigenvalue weighted by molar-refractivity contribution is 5.76. The van der Waals surface area contributed by atoms with Gasteiger partial charge in [0.2, 0.25) is 5.91 Å². The normalized spacial score (nSPS) is 13.7. The van der Waals surface area contributed by atoms with Crippen molar-refractivity contribution in [2.75, 3.05) is 45.9 Å². The molecular weight excluding hydrogens is 677 g/mol. The Kier molecular flexibility index (Phi) is 34.8. The second-order valence-corrected chi connectivity index (χ2v) is 15.9. The number of nitrogens with zero attached hydrogens (tertiary/aromatic N) is 2. The molecule has 0 aromatic rings. The highest BCUT2D eigenvalue weighted by atomic mass is 16.5. The minimum atomic E-state index is -0.264. The van der Waals surface area contributed by atoms with E-state index in [1.54, 1.807) is 0 Å². The number of ether oxygens (including phenoxy) is 2. The van der Waals surface area contributed by atoms with Crippen LogP contribution in [0.4, 0.5) is 0 Å². The molecule has 1 atom stereocenters. The van der Waals surface area contributed by atoms with Crippen LogP contribution in [0.1, 0.15) is 206 Å². The highest BCUT2D eigenvalue weighted by Gasteiger charge is 2.23. The maximum Gasteiger partial charge on any atom is 0.305 e. The number of esters is 2. The van der Waals surface area contributed by atoms with Gasteiger partial charge in [0.1, 0.15) is 6.29 Å². The number of hydrogen-bond acceptors (Lipinski definition) is 7. The van der Waals surface area contributed by atoms with Gasteiger partial charge in [0.25, 0.3) is 0 Å². The van der Waals surface area contributed by atoms with Crippen LogP contribution in [0.25, 0.3) is 0 Å². The summed E-state index contributed by atoms with van der Waals surface area (Å²) < 4.78 is 11.5. The third kappa shape index (κ3) is 31.0. The van der Waals surface area contributed by atoms with Gasteiger partial charge in [-0.1, -0.05) is 122 Å². The fourth-order valence-electron chi connectivity index (χ4n) is 7.25. The van der Waals surface area contributed by atoms with E-state index in [1.165, 1.54) is 96.3 Å². The predicted octanol–water partition coefficient (Wildman–Crippen LogP) is 11.3. The SMILES string of the molecule is CCCCCCCC/C=C\CCCCCCCC(=O)OCC(COC(=O)CCCCCCC=O)CN(CCCN1CCCC1)C(=O)CCCCCCCC. The van der Waals surface area contributed by atoms with Gasteiger partial charge in [0, 0.05) is 44.7 Å². The lowest BCUT2D eigenvalue weighted by Crippen LogP contribution is -2.40. The van der Waals surface area contributed by atoms with Gasteiger partial charge in [-0.25, -0.2) is 0 Å². The fraction of sp³-hybridized carbons (Fsp3) is 0.870. The van der Waals surface area contributed by atoms with E-state index >= 15 is 0 Å². The Morgan fingerprint density at radius 1 is 0.574 bits per heavy atom. The molecule has 1 aliphatic rings. The Balaban J connectivity index is 2.57. The Labute approximate surface area is 332 Å². The third-order valence-electron chi connectivity index (χ3n) is 10.7. The van der Waals surface area contributed by atoms with E-state index in [0.717, 1.165) is 96.5 Å². The van der Waals surface area contributed by atoms with E-state index in [2.05, 4.69) is 30.9 Å². The Morgan fingerprint density at radius 3 is 1.52 bits per heavy atom. The second kappa shape index (κ2) is 37.7. The molecule has 54 heavy (non-hydrogen) atoms. The summed E-state index contributed by atoms with van der Waals surface area (Å²) >= 11 is 0. The van der Waals surface area contributed by atoms with Crippen molar-refractivity contribution >= 4 is 24.1 Å². The van der Waals surface area contributed by atoms with Crippen molar-refractivity contribution in [3.8, 4) is 0 Å². The van der Waals surface area contributed by atoms with Crippen LogP contribution in [0.3, 0.4) is 0 Å². The molecule has 0 saturated carbocycles. The van der Waals surface area contributed by atoms with Crippen LogP contribution >= 0.6 is 0 Å². The molecule has 1 unspecified atom stereocenters. The number of allylic oxidation sites excluding steroid dienone is 2. The molecule has 0 aromatic carbocycles. The maximum atomic E-state index is 13.6. The summed E-state index contributed by atoms with van der Waals surface area (Å²) in [5, 5.41) is 0. The van der Waals surface area contributed by atoms with Crippen molar-refractivity contribution in [3.05, 3.63) is 12.2 Å². The van der Waals surface area contributed by atoms with Crippen molar-refractivity contribution in [3.63, 3.8) is 0 Å². The fourth-order valence-corrected chi connectivity index (χ4v) is 7.25. The summed E-state index contributed by atoms with van der Waals surface area (Å²) in [6, 6.07) is 0. The van der Waals surface area contributed by atoms with Crippen molar-refractivity contribution in [1.29, 1.82) is 0 Å². The summed E-state index contributed by atoms with van der Waals surface area (Å²) in [5.74, 6) is -0.578. The van der Waals surface area contributed by atoms with Gasteiger partial charge in [0.05, 0.1) is 13.2 Å². The van der Waals surface area contributed by atoms with Gasteiger partial charge in [-0.05, 0) is 90.3 Å². The molecule has 1 rings (SSSR count). The van der Waals surface area contributed by atoms with Crippen LogP contribution < -0.4 is 0 Å². The Hall–Kier alpha value is -2.22. The van der Waals surface area contributed by atoms with E-state index in [0.29, 0.717) is 38.8 Å². The molecule has 1 fully saturated rings.